The molecular formula is C15H26N2O3. The molecule has 0 atom stereocenters. The van der Waals surface area contributed by atoms with Crippen molar-refractivity contribution in [2.75, 3.05) is 7.05 Å². The number of urea groups is 1. The first kappa shape index (κ1) is 15.1. The molecule has 0 aliphatic heterocycles. The van der Waals surface area contributed by atoms with Crippen molar-refractivity contribution in [2.45, 2.75) is 75.8 Å². The van der Waals surface area contributed by atoms with Gasteiger partial charge < -0.3 is 15.3 Å². The van der Waals surface area contributed by atoms with Gasteiger partial charge in [-0.1, -0.05) is 32.1 Å². The Labute approximate surface area is 120 Å². The molecule has 0 heterocycles. The van der Waals surface area contributed by atoms with Gasteiger partial charge >= 0.3 is 12.0 Å². The summed E-state index contributed by atoms with van der Waals surface area (Å²) in [7, 11) is 1.76. The molecule has 2 amide bonds. The van der Waals surface area contributed by atoms with Gasteiger partial charge in [-0.3, -0.25) is 4.79 Å². The summed E-state index contributed by atoms with van der Waals surface area (Å²) in [5.41, 5.74) is -0.493. The molecule has 114 valence electrons. The number of carbonyl (C=O) groups is 2. The number of hydrogen-bond acceptors (Lipinski definition) is 2. The maximum Gasteiger partial charge on any atom is 0.317 e. The molecule has 0 aromatic rings. The third kappa shape index (κ3) is 3.44. The summed E-state index contributed by atoms with van der Waals surface area (Å²) in [4.78, 5) is 25.3. The summed E-state index contributed by atoms with van der Waals surface area (Å²) >= 11 is 0. The summed E-state index contributed by atoms with van der Waals surface area (Å²) < 4.78 is 0. The number of carboxylic acid groups (broad SMARTS) is 1. The Bertz CT molecular complexity index is 358. The van der Waals surface area contributed by atoms with Gasteiger partial charge in [0.05, 0.1) is 12.0 Å². The summed E-state index contributed by atoms with van der Waals surface area (Å²) in [5.74, 6) is -0.813. The van der Waals surface area contributed by atoms with Crippen LogP contribution < -0.4 is 5.32 Å². The fourth-order valence-electron chi connectivity index (χ4n) is 3.68. The van der Waals surface area contributed by atoms with Gasteiger partial charge in [0.1, 0.15) is 0 Å². The van der Waals surface area contributed by atoms with Crippen LogP contribution in [0.1, 0.15) is 64.2 Å². The van der Waals surface area contributed by atoms with Crippen LogP contribution in [0.3, 0.4) is 0 Å². The Balaban J connectivity index is 2.02. The minimum Gasteiger partial charge on any atom is -0.481 e. The Kier molecular flexibility index (Phi) is 4.89. The molecule has 2 aliphatic rings. The Morgan fingerprint density at radius 1 is 1.15 bits per heavy atom. The summed E-state index contributed by atoms with van der Waals surface area (Å²) in [6.07, 6.45) is 9.26. The molecule has 20 heavy (non-hydrogen) atoms. The molecule has 0 aromatic heterocycles. The van der Waals surface area contributed by atoms with Crippen LogP contribution in [0.5, 0.6) is 0 Å². The molecule has 2 aliphatic carbocycles. The minimum absolute atomic E-state index is 0.0571. The van der Waals surface area contributed by atoms with Gasteiger partial charge in [-0.15, -0.1) is 0 Å². The number of carbonyl (C=O) groups excluding carboxylic acids is 1. The SMILES string of the molecule is CN(C(=O)NC1CCCC1)C1(CC(=O)O)CCCCC1. The van der Waals surface area contributed by atoms with E-state index in [1.807, 2.05) is 0 Å². The van der Waals surface area contributed by atoms with E-state index in [1.54, 1.807) is 11.9 Å². The molecule has 2 rings (SSSR count). The van der Waals surface area contributed by atoms with E-state index in [2.05, 4.69) is 5.32 Å². The van der Waals surface area contributed by atoms with E-state index in [4.69, 9.17) is 0 Å². The van der Waals surface area contributed by atoms with Crippen LogP contribution in [0.2, 0.25) is 0 Å². The highest BCUT2D eigenvalue weighted by atomic mass is 16.4. The second kappa shape index (κ2) is 6.46. The summed E-state index contributed by atoms with van der Waals surface area (Å²) in [5, 5.41) is 12.3. The molecular weight excluding hydrogens is 256 g/mol. The largest absolute Gasteiger partial charge is 0.481 e. The van der Waals surface area contributed by atoms with Crippen molar-refractivity contribution in [3.63, 3.8) is 0 Å². The highest BCUT2D eigenvalue weighted by Gasteiger charge is 2.40. The summed E-state index contributed by atoms with van der Waals surface area (Å²) in [6.45, 7) is 0. The van der Waals surface area contributed by atoms with E-state index in [0.29, 0.717) is 0 Å². The third-order valence-electron chi connectivity index (χ3n) is 4.96. The van der Waals surface area contributed by atoms with Gasteiger partial charge in [0, 0.05) is 13.1 Å². The zero-order valence-corrected chi connectivity index (χ0v) is 12.4. The predicted octanol–water partition coefficient (Wildman–Crippen LogP) is 2.75. The highest BCUT2D eigenvalue weighted by molar-refractivity contribution is 5.77. The molecule has 2 N–H and O–H groups in total. The number of carboxylic acids is 1. The second-order valence-corrected chi connectivity index (χ2v) is 6.35. The minimum atomic E-state index is -0.813. The molecule has 0 saturated heterocycles. The zero-order chi connectivity index (χ0) is 14.6. The van der Waals surface area contributed by atoms with Crippen LogP contribution in [-0.4, -0.2) is 40.6 Å². The van der Waals surface area contributed by atoms with Crippen LogP contribution in [0, 0.1) is 0 Å². The molecule has 0 bridgehead atoms. The van der Waals surface area contributed by atoms with E-state index in [0.717, 1.165) is 44.9 Å². The van der Waals surface area contributed by atoms with Crippen molar-refractivity contribution in [3.05, 3.63) is 0 Å². The first-order valence-electron chi connectivity index (χ1n) is 7.80. The predicted molar refractivity (Wildman–Crippen MR) is 76.6 cm³/mol. The van der Waals surface area contributed by atoms with Crippen LogP contribution in [0.4, 0.5) is 4.79 Å². The van der Waals surface area contributed by atoms with E-state index < -0.39 is 11.5 Å². The van der Waals surface area contributed by atoms with Crippen LogP contribution in [0.25, 0.3) is 0 Å². The van der Waals surface area contributed by atoms with Crippen molar-refractivity contribution in [1.82, 2.24) is 10.2 Å². The van der Waals surface area contributed by atoms with E-state index in [9.17, 15) is 14.7 Å². The van der Waals surface area contributed by atoms with Crippen LogP contribution >= 0.6 is 0 Å². The molecule has 0 aromatic carbocycles. The average Bonchev–Trinajstić information content (AvgIpc) is 2.91. The van der Waals surface area contributed by atoms with E-state index in [1.165, 1.54) is 12.8 Å². The fraction of sp³-hybridized carbons (Fsp3) is 0.867. The second-order valence-electron chi connectivity index (χ2n) is 6.35. The average molecular weight is 282 g/mol. The first-order chi connectivity index (χ1) is 9.53. The van der Waals surface area contributed by atoms with Crippen LogP contribution in [0.15, 0.2) is 0 Å². The lowest BCUT2D eigenvalue weighted by Crippen LogP contribution is -2.56. The Morgan fingerprint density at radius 3 is 2.30 bits per heavy atom. The number of nitrogens with zero attached hydrogens (tertiary/aromatic N) is 1. The van der Waals surface area contributed by atoms with Crippen molar-refractivity contribution >= 4 is 12.0 Å². The molecule has 0 radical (unpaired) electrons. The molecule has 0 unspecified atom stereocenters. The van der Waals surface area contributed by atoms with Gasteiger partial charge in [0.25, 0.3) is 0 Å². The topological polar surface area (TPSA) is 69.6 Å². The highest BCUT2D eigenvalue weighted by Crippen LogP contribution is 2.36. The van der Waals surface area contributed by atoms with Crippen molar-refractivity contribution in [2.24, 2.45) is 0 Å². The monoisotopic (exact) mass is 282 g/mol. The Morgan fingerprint density at radius 2 is 1.75 bits per heavy atom. The summed E-state index contributed by atoms with van der Waals surface area (Å²) in [6, 6.07) is 0.176. The lowest BCUT2D eigenvalue weighted by atomic mass is 9.78. The number of nitrogens with one attached hydrogen (secondary N) is 1. The van der Waals surface area contributed by atoms with Gasteiger partial charge in [0.2, 0.25) is 0 Å². The molecule has 5 heteroatoms. The van der Waals surface area contributed by atoms with Crippen molar-refractivity contribution in [3.8, 4) is 0 Å². The fourth-order valence-corrected chi connectivity index (χ4v) is 3.68. The normalized spacial score (nSPS) is 22.4. The van der Waals surface area contributed by atoms with Gasteiger partial charge in [-0.2, -0.15) is 0 Å². The number of amides is 2. The van der Waals surface area contributed by atoms with Gasteiger partial charge in [-0.05, 0) is 25.7 Å². The number of hydrogen-bond donors (Lipinski definition) is 2. The Hall–Kier alpha value is -1.26. The molecule has 2 saturated carbocycles. The quantitative estimate of drug-likeness (QED) is 0.833. The standard InChI is InChI=1S/C15H26N2O3/c1-17(14(20)16-12-7-3-4-8-12)15(11-13(18)19)9-5-2-6-10-15/h12H,2-11H2,1H3,(H,16,20)(H,18,19). The smallest absolute Gasteiger partial charge is 0.317 e. The first-order valence-corrected chi connectivity index (χ1v) is 7.80. The van der Waals surface area contributed by atoms with Gasteiger partial charge in [0.15, 0.2) is 0 Å². The number of aliphatic carboxylic acids is 1. The van der Waals surface area contributed by atoms with E-state index in [-0.39, 0.29) is 18.5 Å². The lowest BCUT2D eigenvalue weighted by molar-refractivity contribution is -0.140. The van der Waals surface area contributed by atoms with Crippen LogP contribution in [-0.2, 0) is 4.79 Å². The zero-order valence-electron chi connectivity index (χ0n) is 12.4. The lowest BCUT2D eigenvalue weighted by Gasteiger charge is -2.44. The van der Waals surface area contributed by atoms with Gasteiger partial charge in [-0.25, -0.2) is 4.79 Å². The third-order valence-corrected chi connectivity index (χ3v) is 4.96. The maximum absolute atomic E-state index is 12.4. The molecule has 0 spiro atoms. The van der Waals surface area contributed by atoms with Crippen molar-refractivity contribution < 1.29 is 14.7 Å². The van der Waals surface area contributed by atoms with Crippen molar-refractivity contribution in [1.29, 1.82) is 0 Å². The van der Waals surface area contributed by atoms with E-state index >= 15 is 0 Å². The number of rotatable bonds is 4. The maximum atomic E-state index is 12.4. The molecule has 2 fully saturated rings. The molecule has 5 nitrogen and oxygen atoms in total.